The van der Waals surface area contributed by atoms with Crippen molar-refractivity contribution in [3.05, 3.63) is 53.1 Å². The molecule has 1 aliphatic carbocycles. The van der Waals surface area contributed by atoms with Crippen molar-refractivity contribution in [3.8, 4) is 11.5 Å². The van der Waals surface area contributed by atoms with E-state index in [0.29, 0.717) is 11.5 Å². The van der Waals surface area contributed by atoms with Crippen molar-refractivity contribution in [2.75, 3.05) is 14.2 Å². The molecule has 1 saturated carbocycles. The van der Waals surface area contributed by atoms with Crippen LogP contribution in [0.1, 0.15) is 18.4 Å². The third kappa shape index (κ3) is 3.76. The average Bonchev–Trinajstić information content (AvgIpc) is 3.44. The van der Waals surface area contributed by atoms with E-state index in [1.165, 1.54) is 10.4 Å². The first-order valence-electron chi connectivity index (χ1n) is 7.94. The Labute approximate surface area is 153 Å². The van der Waals surface area contributed by atoms with Crippen LogP contribution in [0.5, 0.6) is 11.5 Å². The monoisotopic (exact) mass is 381 g/mol. The van der Waals surface area contributed by atoms with Crippen LogP contribution in [0.15, 0.2) is 47.4 Å². The van der Waals surface area contributed by atoms with E-state index in [-0.39, 0.29) is 22.5 Å². The van der Waals surface area contributed by atoms with E-state index in [2.05, 4.69) is 0 Å². The molecule has 5 nitrogen and oxygen atoms in total. The van der Waals surface area contributed by atoms with Gasteiger partial charge in [-0.2, -0.15) is 4.31 Å². The van der Waals surface area contributed by atoms with E-state index < -0.39 is 10.0 Å². The molecule has 7 heteroatoms. The van der Waals surface area contributed by atoms with Gasteiger partial charge in [0.05, 0.1) is 19.2 Å². The van der Waals surface area contributed by atoms with E-state index in [1.807, 2.05) is 0 Å². The molecule has 2 aromatic carbocycles. The summed E-state index contributed by atoms with van der Waals surface area (Å²) in [6, 6.07) is 11.9. The molecule has 0 aliphatic heterocycles. The number of sulfonamides is 1. The topological polar surface area (TPSA) is 55.8 Å². The maximum Gasteiger partial charge on any atom is 0.245 e. The Morgan fingerprint density at radius 1 is 1.12 bits per heavy atom. The van der Waals surface area contributed by atoms with Crippen LogP contribution < -0.4 is 9.47 Å². The Bertz CT molecular complexity index is 865. The van der Waals surface area contributed by atoms with Gasteiger partial charge in [-0.25, -0.2) is 8.42 Å². The third-order valence-corrected chi connectivity index (χ3v) is 6.59. The van der Waals surface area contributed by atoms with Gasteiger partial charge in [0, 0.05) is 18.2 Å². The summed E-state index contributed by atoms with van der Waals surface area (Å²) < 4.78 is 38.5. The number of rotatable bonds is 7. The maximum atomic E-state index is 13.2. The van der Waals surface area contributed by atoms with Crippen LogP contribution >= 0.6 is 11.6 Å². The normalized spacial score (nSPS) is 14.6. The fourth-order valence-electron chi connectivity index (χ4n) is 2.73. The van der Waals surface area contributed by atoms with Crippen molar-refractivity contribution in [1.82, 2.24) is 4.31 Å². The first kappa shape index (κ1) is 18.0. The Morgan fingerprint density at radius 2 is 1.84 bits per heavy atom. The summed E-state index contributed by atoms with van der Waals surface area (Å²) in [4.78, 5) is 0.130. The highest BCUT2D eigenvalue weighted by atomic mass is 35.5. The number of methoxy groups -OCH3 is 2. The molecule has 0 amide bonds. The fraction of sp³-hybridized carbons (Fsp3) is 0.333. The lowest BCUT2D eigenvalue weighted by molar-refractivity contribution is 0.369. The molecule has 1 fully saturated rings. The molecule has 0 N–H and O–H groups in total. The van der Waals surface area contributed by atoms with Crippen LogP contribution in [0.4, 0.5) is 0 Å². The molecule has 0 saturated heterocycles. The van der Waals surface area contributed by atoms with Gasteiger partial charge in [-0.1, -0.05) is 23.7 Å². The summed E-state index contributed by atoms with van der Waals surface area (Å²) in [5, 5.41) is 0.228. The summed E-state index contributed by atoms with van der Waals surface area (Å²) in [6.07, 6.45) is 1.69. The molecule has 1 aliphatic rings. The van der Waals surface area contributed by atoms with Crippen molar-refractivity contribution < 1.29 is 17.9 Å². The number of hydrogen-bond donors (Lipinski definition) is 0. The Morgan fingerprint density at radius 3 is 2.44 bits per heavy atom. The minimum absolute atomic E-state index is 0.0165. The highest BCUT2D eigenvalue weighted by Crippen LogP contribution is 2.37. The number of hydrogen-bond acceptors (Lipinski definition) is 4. The van der Waals surface area contributed by atoms with Crippen LogP contribution in [0.2, 0.25) is 5.02 Å². The molecule has 0 spiro atoms. The minimum Gasteiger partial charge on any atom is -0.497 e. The second kappa shape index (κ2) is 7.23. The van der Waals surface area contributed by atoms with Gasteiger partial charge >= 0.3 is 0 Å². The number of nitrogens with zero attached hydrogens (tertiary/aromatic N) is 1. The van der Waals surface area contributed by atoms with Gasteiger partial charge in [-0.15, -0.1) is 0 Å². The SMILES string of the molecule is COc1ccc(OC)c(CN(C2CC2)S(=O)(=O)c2ccccc2Cl)c1. The van der Waals surface area contributed by atoms with E-state index in [9.17, 15) is 8.42 Å². The average molecular weight is 382 g/mol. The van der Waals surface area contributed by atoms with Gasteiger partial charge in [-0.3, -0.25) is 0 Å². The van der Waals surface area contributed by atoms with Crippen molar-refractivity contribution in [3.63, 3.8) is 0 Å². The molecule has 0 aromatic heterocycles. The summed E-state index contributed by atoms with van der Waals surface area (Å²) in [5.41, 5.74) is 0.754. The smallest absolute Gasteiger partial charge is 0.245 e. The molecule has 3 rings (SSSR count). The standard InChI is InChI=1S/C18H20ClNO4S/c1-23-15-9-10-17(24-2)13(11-15)12-20(14-7-8-14)25(21,22)18-6-4-3-5-16(18)19/h3-6,9-11,14H,7-8,12H2,1-2H3. The summed E-state index contributed by atoms with van der Waals surface area (Å²) >= 11 is 6.14. The molecule has 2 aromatic rings. The van der Waals surface area contributed by atoms with E-state index in [4.69, 9.17) is 21.1 Å². The lowest BCUT2D eigenvalue weighted by atomic mass is 10.2. The first-order chi connectivity index (χ1) is 12.0. The largest absolute Gasteiger partial charge is 0.497 e. The van der Waals surface area contributed by atoms with Gasteiger partial charge in [0.2, 0.25) is 10.0 Å². The van der Waals surface area contributed by atoms with Gasteiger partial charge in [0.25, 0.3) is 0 Å². The maximum absolute atomic E-state index is 13.2. The van der Waals surface area contributed by atoms with Crippen molar-refractivity contribution in [2.45, 2.75) is 30.3 Å². The van der Waals surface area contributed by atoms with Gasteiger partial charge in [0.1, 0.15) is 16.4 Å². The van der Waals surface area contributed by atoms with Crippen LogP contribution in [-0.4, -0.2) is 33.0 Å². The Hall–Kier alpha value is -1.76. The van der Waals surface area contributed by atoms with Crippen LogP contribution in [0.25, 0.3) is 0 Å². The second-order valence-corrected chi connectivity index (χ2v) is 8.16. The molecule has 0 bridgehead atoms. The van der Waals surface area contributed by atoms with E-state index in [1.54, 1.807) is 50.6 Å². The molecule has 0 radical (unpaired) electrons. The highest BCUT2D eigenvalue weighted by molar-refractivity contribution is 7.89. The molecule has 0 atom stereocenters. The fourth-order valence-corrected chi connectivity index (χ4v) is 4.88. The third-order valence-electron chi connectivity index (χ3n) is 4.19. The predicted molar refractivity (Wildman–Crippen MR) is 96.7 cm³/mol. The zero-order valence-electron chi connectivity index (χ0n) is 14.1. The second-order valence-electron chi connectivity index (χ2n) is 5.89. The lowest BCUT2D eigenvalue weighted by Gasteiger charge is -2.23. The number of halogens is 1. The Balaban J connectivity index is 2.00. The minimum atomic E-state index is -3.71. The van der Waals surface area contributed by atoms with E-state index in [0.717, 1.165) is 18.4 Å². The summed E-state index contributed by atoms with van der Waals surface area (Å²) in [7, 11) is -0.567. The molecule has 134 valence electrons. The molecular formula is C18H20ClNO4S. The summed E-state index contributed by atoms with van der Waals surface area (Å²) in [5.74, 6) is 1.28. The number of benzene rings is 2. The quantitative estimate of drug-likeness (QED) is 0.733. The molecule has 25 heavy (non-hydrogen) atoms. The molecule has 0 heterocycles. The number of ether oxygens (including phenoxy) is 2. The molecular weight excluding hydrogens is 362 g/mol. The zero-order valence-corrected chi connectivity index (χ0v) is 15.7. The van der Waals surface area contributed by atoms with Crippen molar-refractivity contribution >= 4 is 21.6 Å². The van der Waals surface area contributed by atoms with Crippen molar-refractivity contribution in [2.24, 2.45) is 0 Å². The first-order valence-corrected chi connectivity index (χ1v) is 9.76. The predicted octanol–water partition coefficient (Wildman–Crippen LogP) is 3.71. The van der Waals surface area contributed by atoms with Crippen LogP contribution in [0, 0.1) is 0 Å². The van der Waals surface area contributed by atoms with Gasteiger partial charge in [-0.05, 0) is 43.2 Å². The van der Waals surface area contributed by atoms with Crippen molar-refractivity contribution in [1.29, 1.82) is 0 Å². The van der Waals surface area contributed by atoms with Crippen LogP contribution in [-0.2, 0) is 16.6 Å². The Kier molecular flexibility index (Phi) is 5.22. The van der Waals surface area contributed by atoms with Gasteiger partial charge in [0.15, 0.2) is 0 Å². The highest BCUT2D eigenvalue weighted by Gasteiger charge is 2.39. The lowest BCUT2D eigenvalue weighted by Crippen LogP contribution is -2.33. The van der Waals surface area contributed by atoms with E-state index >= 15 is 0 Å². The summed E-state index contributed by atoms with van der Waals surface area (Å²) in [6.45, 7) is 0.207. The molecule has 0 unspecified atom stereocenters. The van der Waals surface area contributed by atoms with Crippen LogP contribution in [0.3, 0.4) is 0 Å². The van der Waals surface area contributed by atoms with Gasteiger partial charge < -0.3 is 9.47 Å². The zero-order chi connectivity index (χ0) is 18.0.